The number of nitrogens with zero attached hydrogens (tertiary/aromatic N) is 3. The second kappa shape index (κ2) is 39.1. The van der Waals surface area contributed by atoms with Gasteiger partial charge in [0.05, 0.1) is 61.7 Å². The number of nitrogens with one attached hydrogen (secondary N) is 7. The van der Waals surface area contributed by atoms with Crippen LogP contribution in [0.25, 0.3) is 0 Å². The molecule has 2 heterocycles. The molecule has 13 N–H and O–H groups in total. The van der Waals surface area contributed by atoms with Crippen molar-refractivity contribution in [1.82, 2.24) is 46.6 Å². The number of nitrogens with two attached hydrogens (primary N) is 2. The number of hydrogen-bond acceptors (Lipinski definition) is 18. The van der Waals surface area contributed by atoms with Gasteiger partial charge in [-0.3, -0.25) is 47.8 Å². The summed E-state index contributed by atoms with van der Waals surface area (Å²) >= 11 is 0. The van der Waals surface area contributed by atoms with Crippen LogP contribution in [0.2, 0.25) is 0 Å². The number of methoxy groups -OCH3 is 2. The van der Waals surface area contributed by atoms with Crippen molar-refractivity contribution in [2.24, 2.45) is 41.1 Å². The molecule has 2 saturated heterocycles. The minimum atomic E-state index is -4.99. The van der Waals surface area contributed by atoms with Crippen molar-refractivity contribution < 1.29 is 90.6 Å². The van der Waals surface area contributed by atoms with E-state index >= 15 is 0 Å². The maximum absolute atomic E-state index is 14.8. The fourth-order valence-electron chi connectivity index (χ4n) is 12.2. The number of rotatable bonds is 38. The monoisotopic (exact) mass is 1400 g/mol. The SMILES string of the molecule is CC[C@H](C)[C@@H]([C@@H](CC(=O)N1CCC[C@H]1[C@H](OC)[C@@H](C)C(=O)N[C@H](C)[C@@H](OP(=O)(O)O)c1ccccc1)OC)N(C)C(=O)[C@@H](NC(=O)[C@H](C(C)C)N(C)C(=O)OCc1ccc(NC(=O)[C@H](CCCNC(N)=O)NC(=O)[C@@H](NC(=O)[C@@H](N)CC(=O)N[C@H]2CCOC2=O)C(C)C)cc1)C(C)C. The van der Waals surface area contributed by atoms with Gasteiger partial charge in [0, 0.05) is 53.5 Å². The molecule has 2 aromatic rings. The first-order valence-corrected chi connectivity index (χ1v) is 34.7. The summed E-state index contributed by atoms with van der Waals surface area (Å²) in [6, 6.07) is 4.73. The smallest absolute Gasteiger partial charge is 0.464 e. The summed E-state index contributed by atoms with van der Waals surface area (Å²) in [6.45, 7) is 17.7. The number of carbonyl (C=O) groups is 11. The molecule has 32 heteroatoms. The van der Waals surface area contributed by atoms with Gasteiger partial charge >= 0.3 is 25.9 Å². The molecule has 0 unspecified atom stereocenters. The number of likely N-dealkylation sites (tertiary alicyclic amines) is 1. The number of phosphoric ester groups is 1. The van der Waals surface area contributed by atoms with Gasteiger partial charge in [-0.25, -0.2) is 18.9 Å². The molecular formula is C66H105N12O19P. The number of anilines is 1. The van der Waals surface area contributed by atoms with Crippen LogP contribution in [-0.2, 0) is 77.8 Å². The van der Waals surface area contributed by atoms with Gasteiger partial charge in [-0.2, -0.15) is 0 Å². The number of carbonyl (C=O) groups excluding carboxylic acids is 11. The van der Waals surface area contributed by atoms with Crippen molar-refractivity contribution in [3.63, 3.8) is 0 Å². The predicted molar refractivity (Wildman–Crippen MR) is 360 cm³/mol. The van der Waals surface area contributed by atoms with Gasteiger partial charge in [-0.05, 0) is 79.5 Å². The maximum Gasteiger partial charge on any atom is 0.470 e. The van der Waals surface area contributed by atoms with Gasteiger partial charge < -0.3 is 87.2 Å². The number of primary amides is 1. The Balaban J connectivity index is 1.41. The summed E-state index contributed by atoms with van der Waals surface area (Å²) in [6.07, 6.45) is -2.20. The number of benzene rings is 2. The van der Waals surface area contributed by atoms with Gasteiger partial charge in [0.1, 0.15) is 42.9 Å². The van der Waals surface area contributed by atoms with Crippen LogP contribution >= 0.6 is 7.82 Å². The van der Waals surface area contributed by atoms with Crippen molar-refractivity contribution in [1.29, 1.82) is 0 Å². The molecular weight excluding hydrogens is 1300 g/mol. The Morgan fingerprint density at radius 1 is 0.755 bits per heavy atom. The van der Waals surface area contributed by atoms with Crippen molar-refractivity contribution in [3.05, 3.63) is 65.7 Å². The van der Waals surface area contributed by atoms with Gasteiger partial charge in [-0.1, -0.05) is 111 Å². The number of cyclic esters (lactones) is 1. The Morgan fingerprint density at radius 3 is 1.94 bits per heavy atom. The number of likely N-dealkylation sites (N-methyl/N-ethyl adjacent to an activating group) is 2. The molecule has 0 aromatic heterocycles. The minimum Gasteiger partial charge on any atom is -0.464 e. The second-order valence-electron chi connectivity index (χ2n) is 26.2. The number of phosphoric acid groups is 1. The Labute approximate surface area is 573 Å². The normalized spacial score (nSPS) is 18.4. The number of hydrogen-bond donors (Lipinski definition) is 11. The van der Waals surface area contributed by atoms with Crippen LogP contribution in [0.5, 0.6) is 0 Å². The zero-order valence-corrected chi connectivity index (χ0v) is 59.7. The molecule has 2 aromatic carbocycles. The average Bonchev–Trinajstić information content (AvgIpc) is 1.78. The van der Waals surface area contributed by atoms with Crippen molar-refractivity contribution in [3.8, 4) is 0 Å². The van der Waals surface area contributed by atoms with Gasteiger partial charge in [-0.15, -0.1) is 0 Å². The highest BCUT2D eigenvalue weighted by Crippen LogP contribution is 2.43. The first kappa shape index (κ1) is 82.6. The van der Waals surface area contributed by atoms with E-state index in [1.165, 1.54) is 38.3 Å². The summed E-state index contributed by atoms with van der Waals surface area (Å²) in [5, 5.41) is 18.6. The summed E-state index contributed by atoms with van der Waals surface area (Å²) in [5.74, 6) is -7.95. The van der Waals surface area contributed by atoms with E-state index in [0.717, 1.165) is 4.90 Å². The lowest BCUT2D eigenvalue weighted by Crippen LogP contribution is -2.60. The Morgan fingerprint density at radius 2 is 1.39 bits per heavy atom. The van der Waals surface area contributed by atoms with E-state index in [1.54, 1.807) is 110 Å². The van der Waals surface area contributed by atoms with Gasteiger partial charge in [0.25, 0.3) is 0 Å². The molecule has 0 aliphatic carbocycles. The van der Waals surface area contributed by atoms with Crippen LogP contribution in [0.3, 0.4) is 0 Å². The molecule has 11 amide bonds. The number of esters is 1. The van der Waals surface area contributed by atoms with Crippen molar-refractivity contribution >= 4 is 78.9 Å². The number of amides is 11. The Bertz CT molecular complexity index is 3070. The van der Waals surface area contributed by atoms with E-state index in [9.17, 15) is 67.1 Å². The minimum absolute atomic E-state index is 0.0103. The van der Waals surface area contributed by atoms with Crippen molar-refractivity contribution in [2.45, 2.75) is 200 Å². The van der Waals surface area contributed by atoms with Crippen LogP contribution in [-0.4, -0.2) is 204 Å². The highest BCUT2D eigenvalue weighted by molar-refractivity contribution is 7.46. The molecule has 0 spiro atoms. The molecule has 0 bridgehead atoms. The van der Waals surface area contributed by atoms with E-state index in [1.807, 2.05) is 13.8 Å². The highest BCUT2D eigenvalue weighted by atomic mass is 31.2. The molecule has 2 fully saturated rings. The average molecular weight is 1400 g/mol. The van der Waals surface area contributed by atoms with Crippen LogP contribution in [0.4, 0.5) is 15.3 Å². The van der Waals surface area contributed by atoms with Crippen LogP contribution < -0.4 is 48.7 Å². The summed E-state index contributed by atoms with van der Waals surface area (Å²) in [7, 11) is 0.918. The second-order valence-corrected chi connectivity index (χ2v) is 27.4. The van der Waals surface area contributed by atoms with Crippen LogP contribution in [0.1, 0.15) is 138 Å². The quantitative estimate of drug-likeness (QED) is 0.0261. The summed E-state index contributed by atoms with van der Waals surface area (Å²) in [5.41, 5.74) is 12.5. The van der Waals surface area contributed by atoms with Gasteiger partial charge in [0.15, 0.2) is 0 Å². The van der Waals surface area contributed by atoms with Gasteiger partial charge in [0.2, 0.25) is 47.3 Å². The first-order valence-electron chi connectivity index (χ1n) is 33.2. The number of ether oxygens (including phenoxy) is 4. The predicted octanol–water partition coefficient (Wildman–Crippen LogP) is 2.86. The number of urea groups is 1. The van der Waals surface area contributed by atoms with E-state index < -0.39 is 170 Å². The zero-order valence-electron chi connectivity index (χ0n) is 58.8. The molecule has 14 atom stereocenters. The van der Waals surface area contributed by atoms with Crippen LogP contribution in [0.15, 0.2) is 54.6 Å². The zero-order chi connectivity index (χ0) is 73.5. The van der Waals surface area contributed by atoms with Crippen molar-refractivity contribution in [2.75, 3.05) is 53.3 Å². The van der Waals surface area contributed by atoms with E-state index in [2.05, 4.69) is 37.2 Å². The topological polar surface area (TPSA) is 437 Å². The highest BCUT2D eigenvalue weighted by Gasteiger charge is 2.45. The largest absolute Gasteiger partial charge is 0.470 e. The lowest BCUT2D eigenvalue weighted by molar-refractivity contribution is -0.148. The van der Waals surface area contributed by atoms with E-state index in [4.69, 9.17) is 34.9 Å². The standard InChI is InChI=1S/C66H105N12O19P/c1-15-39(8)55(49(93-13)34-51(80)78-31-20-24-48(78)56(94-14)40(9)58(81)70-41(10)57(97-98(90,91)92)43-21-17-16-18-22-43)76(11)63(86)53(37(4)5)75-62(85)54(38(6)7)77(12)66(89)96-35-42-25-27-44(28-26-42)71-60(83)46(23-19-30-69-65(68)88)73-61(84)52(36(2)3)74-59(82)45(67)33-50(79)72-47-29-32-95-64(47)87/h16-18,21-22,25-28,36-41,45-49,52-57H,15,19-20,23-24,29-35,67H2,1-14H3,(H,70,81)(H,71,83)(H,72,79)(H,73,84)(H,74,82)(H,75,85)(H3,68,69,88)(H2,90,91,92)/t39-,40+,41+,45-,46-,47-,48-,49+,52-,53-,54-,55-,56+,57+/m0/s1. The fraction of sp³-hybridized carbons (Fsp3) is 0.652. The molecule has 0 saturated carbocycles. The Hall–Kier alpha value is -7.80. The summed E-state index contributed by atoms with van der Waals surface area (Å²) in [4.78, 5) is 172. The summed E-state index contributed by atoms with van der Waals surface area (Å²) < 4.78 is 39.7. The molecule has 0 radical (unpaired) electrons. The van der Waals surface area contributed by atoms with E-state index in [0.29, 0.717) is 36.9 Å². The fourth-order valence-corrected chi connectivity index (χ4v) is 12.8. The molecule has 31 nitrogen and oxygen atoms in total. The molecule has 548 valence electrons. The van der Waals surface area contributed by atoms with Crippen LogP contribution in [0, 0.1) is 29.6 Å². The molecule has 98 heavy (non-hydrogen) atoms. The Kier molecular flexibility index (Phi) is 33.0. The molecule has 4 rings (SSSR count). The lowest BCUT2D eigenvalue weighted by Gasteiger charge is -2.41. The third kappa shape index (κ3) is 24.6. The lowest BCUT2D eigenvalue weighted by atomic mass is 9.89. The molecule has 2 aliphatic heterocycles. The third-order valence-corrected chi connectivity index (χ3v) is 18.2. The molecule has 2 aliphatic rings. The van der Waals surface area contributed by atoms with E-state index in [-0.39, 0.29) is 63.0 Å². The first-order chi connectivity index (χ1) is 46.0. The third-order valence-electron chi connectivity index (χ3n) is 17.7. The maximum atomic E-state index is 14.8.